The fraction of sp³-hybridized carbons (Fsp3) is 1.00. The molecule has 2 aliphatic rings. The molecule has 0 amide bonds. The Labute approximate surface area is 119 Å². The van der Waals surface area contributed by atoms with Gasteiger partial charge in [0.25, 0.3) is 0 Å². The first-order valence-electron chi connectivity index (χ1n) is 8.46. The standard InChI is InChI=1S/C17H33NO/c1-4-18(15-10-6-5-7-11-15)13-14-9-8-12-17(2,3)16(14)19/h14-16,19H,4-13H2,1-3H3. The van der Waals surface area contributed by atoms with Crippen molar-refractivity contribution in [2.24, 2.45) is 11.3 Å². The lowest BCUT2D eigenvalue weighted by molar-refractivity contribution is -0.0478. The number of hydrogen-bond donors (Lipinski definition) is 1. The summed E-state index contributed by atoms with van der Waals surface area (Å²) in [5, 5.41) is 10.6. The van der Waals surface area contributed by atoms with E-state index in [1.807, 2.05) is 0 Å². The molecule has 2 rings (SSSR count). The SMILES string of the molecule is CCN(CC1CCCC(C)(C)C1O)C1CCCCC1. The van der Waals surface area contributed by atoms with E-state index in [0.29, 0.717) is 5.92 Å². The molecule has 2 nitrogen and oxygen atoms in total. The zero-order chi connectivity index (χ0) is 13.9. The molecule has 0 aliphatic heterocycles. The minimum absolute atomic E-state index is 0.112. The lowest BCUT2D eigenvalue weighted by atomic mass is 9.69. The molecular weight excluding hydrogens is 234 g/mol. The van der Waals surface area contributed by atoms with Gasteiger partial charge < -0.3 is 10.0 Å². The summed E-state index contributed by atoms with van der Waals surface area (Å²) in [7, 11) is 0. The highest BCUT2D eigenvalue weighted by Crippen LogP contribution is 2.39. The van der Waals surface area contributed by atoms with Crippen LogP contribution in [0.5, 0.6) is 0 Å². The van der Waals surface area contributed by atoms with Crippen LogP contribution in [0.15, 0.2) is 0 Å². The Balaban J connectivity index is 1.93. The molecule has 0 bridgehead atoms. The van der Waals surface area contributed by atoms with Crippen molar-refractivity contribution in [3.8, 4) is 0 Å². The maximum Gasteiger partial charge on any atom is 0.0631 e. The molecule has 0 radical (unpaired) electrons. The van der Waals surface area contributed by atoms with E-state index in [4.69, 9.17) is 0 Å². The summed E-state index contributed by atoms with van der Waals surface area (Å²) in [6.45, 7) is 9.02. The molecule has 19 heavy (non-hydrogen) atoms. The van der Waals surface area contributed by atoms with E-state index >= 15 is 0 Å². The van der Waals surface area contributed by atoms with Gasteiger partial charge in [0, 0.05) is 12.6 Å². The van der Waals surface area contributed by atoms with Crippen LogP contribution >= 0.6 is 0 Å². The summed E-state index contributed by atoms with van der Waals surface area (Å²) in [6.07, 6.45) is 10.6. The molecule has 2 saturated carbocycles. The molecule has 0 saturated heterocycles. The summed E-state index contributed by atoms with van der Waals surface area (Å²) in [5.74, 6) is 0.491. The van der Waals surface area contributed by atoms with Gasteiger partial charge in [0.2, 0.25) is 0 Å². The molecule has 2 aliphatic carbocycles. The van der Waals surface area contributed by atoms with Crippen LogP contribution in [-0.2, 0) is 0 Å². The second-order valence-electron chi connectivity index (χ2n) is 7.47. The van der Waals surface area contributed by atoms with Crippen LogP contribution < -0.4 is 0 Å². The molecule has 0 spiro atoms. The molecule has 2 unspecified atom stereocenters. The van der Waals surface area contributed by atoms with Crippen LogP contribution in [0.4, 0.5) is 0 Å². The molecule has 0 heterocycles. The van der Waals surface area contributed by atoms with E-state index in [0.717, 1.165) is 19.1 Å². The van der Waals surface area contributed by atoms with E-state index < -0.39 is 0 Å². The van der Waals surface area contributed by atoms with Gasteiger partial charge in [0.05, 0.1) is 6.10 Å². The third-order valence-electron chi connectivity index (χ3n) is 5.61. The smallest absolute Gasteiger partial charge is 0.0631 e. The fourth-order valence-electron chi connectivity index (χ4n) is 4.24. The van der Waals surface area contributed by atoms with Crippen LogP contribution in [-0.4, -0.2) is 35.2 Å². The third kappa shape index (κ3) is 3.72. The van der Waals surface area contributed by atoms with Crippen molar-refractivity contribution in [1.82, 2.24) is 4.90 Å². The van der Waals surface area contributed by atoms with Gasteiger partial charge in [-0.15, -0.1) is 0 Å². The van der Waals surface area contributed by atoms with E-state index in [-0.39, 0.29) is 11.5 Å². The number of nitrogens with zero attached hydrogens (tertiary/aromatic N) is 1. The van der Waals surface area contributed by atoms with Crippen LogP contribution in [0, 0.1) is 11.3 Å². The van der Waals surface area contributed by atoms with Crippen molar-refractivity contribution < 1.29 is 5.11 Å². The lowest BCUT2D eigenvalue weighted by Gasteiger charge is -2.44. The van der Waals surface area contributed by atoms with Crippen molar-refractivity contribution in [3.63, 3.8) is 0 Å². The number of aliphatic hydroxyl groups excluding tert-OH is 1. The van der Waals surface area contributed by atoms with Gasteiger partial charge >= 0.3 is 0 Å². The normalized spacial score (nSPS) is 32.7. The molecule has 0 aromatic rings. The maximum absolute atomic E-state index is 10.6. The molecule has 2 heteroatoms. The van der Waals surface area contributed by atoms with Gasteiger partial charge in [-0.2, -0.15) is 0 Å². The highest BCUT2D eigenvalue weighted by molar-refractivity contribution is 4.90. The van der Waals surface area contributed by atoms with Gasteiger partial charge in [0.15, 0.2) is 0 Å². The van der Waals surface area contributed by atoms with Crippen LogP contribution in [0.2, 0.25) is 0 Å². The molecule has 2 fully saturated rings. The average molecular weight is 267 g/mol. The second kappa shape index (κ2) is 6.58. The monoisotopic (exact) mass is 267 g/mol. The summed E-state index contributed by atoms with van der Waals surface area (Å²) in [5.41, 5.74) is 0.120. The fourth-order valence-corrected chi connectivity index (χ4v) is 4.24. The highest BCUT2D eigenvalue weighted by Gasteiger charge is 2.38. The van der Waals surface area contributed by atoms with Crippen molar-refractivity contribution >= 4 is 0 Å². The first-order valence-corrected chi connectivity index (χ1v) is 8.46. The minimum atomic E-state index is -0.112. The predicted octanol–water partition coefficient (Wildman–Crippen LogP) is 3.83. The summed E-state index contributed by atoms with van der Waals surface area (Å²) < 4.78 is 0. The second-order valence-corrected chi connectivity index (χ2v) is 7.47. The first kappa shape index (κ1) is 15.3. The van der Waals surface area contributed by atoms with Crippen molar-refractivity contribution in [1.29, 1.82) is 0 Å². The zero-order valence-electron chi connectivity index (χ0n) is 13.2. The Bertz CT molecular complexity index is 270. The van der Waals surface area contributed by atoms with Crippen LogP contribution in [0.25, 0.3) is 0 Å². The van der Waals surface area contributed by atoms with Crippen molar-refractivity contribution in [2.45, 2.75) is 84.3 Å². The first-order chi connectivity index (χ1) is 9.04. The Kier molecular flexibility index (Phi) is 5.30. The Morgan fingerprint density at radius 3 is 2.37 bits per heavy atom. The number of aliphatic hydroxyl groups is 1. The van der Waals surface area contributed by atoms with Crippen molar-refractivity contribution in [2.75, 3.05) is 13.1 Å². The van der Waals surface area contributed by atoms with E-state index in [9.17, 15) is 5.11 Å². The van der Waals surface area contributed by atoms with Gasteiger partial charge in [-0.05, 0) is 43.6 Å². The number of hydrogen-bond acceptors (Lipinski definition) is 2. The number of rotatable bonds is 4. The lowest BCUT2D eigenvalue weighted by Crippen LogP contribution is -2.47. The molecule has 0 aromatic heterocycles. The average Bonchev–Trinajstić information content (AvgIpc) is 2.41. The molecular formula is C17H33NO. The van der Waals surface area contributed by atoms with Crippen LogP contribution in [0.3, 0.4) is 0 Å². The third-order valence-corrected chi connectivity index (χ3v) is 5.61. The topological polar surface area (TPSA) is 23.5 Å². The van der Waals surface area contributed by atoms with E-state index in [1.54, 1.807) is 0 Å². The highest BCUT2D eigenvalue weighted by atomic mass is 16.3. The van der Waals surface area contributed by atoms with Crippen LogP contribution in [0.1, 0.15) is 72.1 Å². The van der Waals surface area contributed by atoms with Gasteiger partial charge in [-0.1, -0.05) is 46.5 Å². The molecule has 0 aromatic carbocycles. The largest absolute Gasteiger partial charge is 0.392 e. The Hall–Kier alpha value is -0.0800. The van der Waals surface area contributed by atoms with Crippen molar-refractivity contribution in [3.05, 3.63) is 0 Å². The van der Waals surface area contributed by atoms with E-state index in [2.05, 4.69) is 25.7 Å². The molecule has 112 valence electrons. The van der Waals surface area contributed by atoms with E-state index in [1.165, 1.54) is 51.4 Å². The Morgan fingerprint density at radius 1 is 1.05 bits per heavy atom. The van der Waals surface area contributed by atoms with Gasteiger partial charge in [0.1, 0.15) is 0 Å². The summed E-state index contributed by atoms with van der Waals surface area (Å²) >= 11 is 0. The molecule has 1 N–H and O–H groups in total. The minimum Gasteiger partial charge on any atom is -0.392 e. The summed E-state index contributed by atoms with van der Waals surface area (Å²) in [6, 6.07) is 0.788. The zero-order valence-corrected chi connectivity index (χ0v) is 13.2. The predicted molar refractivity (Wildman–Crippen MR) is 81.2 cm³/mol. The van der Waals surface area contributed by atoms with Gasteiger partial charge in [-0.25, -0.2) is 0 Å². The quantitative estimate of drug-likeness (QED) is 0.837. The molecule has 2 atom stereocenters. The maximum atomic E-state index is 10.6. The Morgan fingerprint density at radius 2 is 1.74 bits per heavy atom. The summed E-state index contributed by atoms with van der Waals surface area (Å²) in [4.78, 5) is 2.66. The van der Waals surface area contributed by atoms with Gasteiger partial charge in [-0.3, -0.25) is 0 Å².